The van der Waals surface area contributed by atoms with E-state index < -0.39 is 0 Å². The van der Waals surface area contributed by atoms with Crippen LogP contribution in [0.3, 0.4) is 0 Å². The van der Waals surface area contributed by atoms with E-state index in [0.29, 0.717) is 5.92 Å². The van der Waals surface area contributed by atoms with E-state index in [-0.39, 0.29) is 0 Å². The zero-order chi connectivity index (χ0) is 17.5. The molecule has 0 saturated heterocycles. The van der Waals surface area contributed by atoms with Crippen LogP contribution in [0.1, 0.15) is 22.6 Å². The summed E-state index contributed by atoms with van der Waals surface area (Å²) in [5, 5.41) is 1.16. The minimum Gasteiger partial charge on any atom is -0.464 e. The quantitative estimate of drug-likeness (QED) is 0.539. The fourth-order valence-corrected chi connectivity index (χ4v) is 3.96. The predicted molar refractivity (Wildman–Crippen MR) is 102 cm³/mol. The molecule has 2 aromatic carbocycles. The second-order valence-electron chi connectivity index (χ2n) is 6.98. The van der Waals surface area contributed by atoms with Crippen LogP contribution in [-0.4, -0.2) is 28.5 Å². The molecule has 4 nitrogen and oxygen atoms in total. The van der Waals surface area contributed by atoms with Gasteiger partial charge in [-0.3, -0.25) is 0 Å². The number of hydrogen-bond donors (Lipinski definition) is 0. The van der Waals surface area contributed by atoms with E-state index >= 15 is 0 Å². The van der Waals surface area contributed by atoms with Crippen LogP contribution in [0, 0.1) is 0 Å². The van der Waals surface area contributed by atoms with Crippen LogP contribution >= 0.6 is 0 Å². The summed E-state index contributed by atoms with van der Waals surface area (Å²) in [7, 11) is 2.18. The van der Waals surface area contributed by atoms with Gasteiger partial charge in [-0.25, -0.2) is 9.97 Å². The van der Waals surface area contributed by atoms with Crippen LogP contribution in [0.4, 0.5) is 0 Å². The van der Waals surface area contributed by atoms with E-state index in [1.165, 1.54) is 16.7 Å². The van der Waals surface area contributed by atoms with Crippen molar-refractivity contribution in [2.24, 2.45) is 0 Å². The number of likely N-dealkylation sites (N-methyl/N-ethyl adjacent to an activating group) is 1. The van der Waals surface area contributed by atoms with Gasteiger partial charge in [-0.15, -0.1) is 0 Å². The number of nitrogens with zero attached hydrogens (tertiary/aromatic N) is 3. The molecule has 26 heavy (non-hydrogen) atoms. The van der Waals surface area contributed by atoms with Crippen LogP contribution < -0.4 is 0 Å². The van der Waals surface area contributed by atoms with Crippen molar-refractivity contribution in [1.82, 2.24) is 14.9 Å². The molecule has 0 saturated carbocycles. The first kappa shape index (κ1) is 15.3. The number of fused-ring (bicyclic) bond motifs is 2. The summed E-state index contributed by atoms with van der Waals surface area (Å²) in [6, 6.07) is 17.2. The Kier molecular flexibility index (Phi) is 3.57. The van der Waals surface area contributed by atoms with Gasteiger partial charge >= 0.3 is 0 Å². The lowest BCUT2D eigenvalue weighted by Gasteiger charge is -2.33. The van der Waals surface area contributed by atoms with Crippen molar-refractivity contribution in [3.8, 4) is 11.3 Å². The largest absolute Gasteiger partial charge is 0.464 e. The molecule has 1 unspecified atom stereocenters. The number of rotatable bonds is 2. The number of hydrogen-bond acceptors (Lipinski definition) is 4. The van der Waals surface area contributed by atoms with Gasteiger partial charge in [0.05, 0.1) is 12.0 Å². The van der Waals surface area contributed by atoms with E-state index in [9.17, 15) is 0 Å². The minimum atomic E-state index is 0.363. The molecular formula is C22H19N3O. The number of furan rings is 1. The van der Waals surface area contributed by atoms with E-state index in [1.807, 2.05) is 12.1 Å². The van der Waals surface area contributed by atoms with Gasteiger partial charge < -0.3 is 9.32 Å². The Bertz CT molecular complexity index is 1070. The average molecular weight is 341 g/mol. The molecule has 0 aliphatic carbocycles. The minimum absolute atomic E-state index is 0.363. The van der Waals surface area contributed by atoms with Gasteiger partial charge in [0.25, 0.3) is 0 Å². The summed E-state index contributed by atoms with van der Waals surface area (Å²) in [6.07, 6.45) is 5.14. The molecule has 1 aliphatic rings. The SMILES string of the molecule is CN1Cc2cc(-c3ccncn3)ccc2C(c2ccc3occc3c2)C1. The second kappa shape index (κ2) is 6.07. The summed E-state index contributed by atoms with van der Waals surface area (Å²) >= 11 is 0. The maximum absolute atomic E-state index is 5.49. The molecule has 0 bridgehead atoms. The molecule has 0 fully saturated rings. The first-order valence-corrected chi connectivity index (χ1v) is 8.83. The molecule has 2 aromatic heterocycles. The zero-order valence-corrected chi connectivity index (χ0v) is 14.6. The summed E-state index contributed by atoms with van der Waals surface area (Å²) in [6.45, 7) is 1.97. The van der Waals surface area contributed by atoms with Gasteiger partial charge in [0.1, 0.15) is 11.9 Å². The van der Waals surface area contributed by atoms with Crippen LogP contribution in [0.5, 0.6) is 0 Å². The second-order valence-corrected chi connectivity index (χ2v) is 6.98. The van der Waals surface area contributed by atoms with Crippen molar-refractivity contribution in [3.63, 3.8) is 0 Å². The molecule has 3 heterocycles. The summed E-state index contributed by atoms with van der Waals surface area (Å²) in [5.41, 5.74) is 7.16. The van der Waals surface area contributed by atoms with Crippen molar-refractivity contribution >= 4 is 11.0 Å². The first-order chi connectivity index (χ1) is 12.8. The fourth-order valence-electron chi connectivity index (χ4n) is 3.96. The van der Waals surface area contributed by atoms with E-state index in [2.05, 4.69) is 58.3 Å². The Labute approximate surface area is 152 Å². The lowest BCUT2D eigenvalue weighted by Crippen LogP contribution is -2.31. The molecule has 1 aliphatic heterocycles. The highest BCUT2D eigenvalue weighted by Crippen LogP contribution is 2.36. The van der Waals surface area contributed by atoms with Gasteiger partial charge in [-0.1, -0.05) is 18.2 Å². The smallest absolute Gasteiger partial charge is 0.133 e. The third-order valence-corrected chi connectivity index (χ3v) is 5.21. The highest BCUT2D eigenvalue weighted by Gasteiger charge is 2.25. The topological polar surface area (TPSA) is 42.2 Å². The molecule has 0 radical (unpaired) electrons. The Morgan fingerprint density at radius 1 is 1.08 bits per heavy atom. The molecule has 5 rings (SSSR count). The van der Waals surface area contributed by atoms with E-state index in [1.54, 1.807) is 18.8 Å². The predicted octanol–water partition coefficient (Wildman–Crippen LogP) is 4.47. The summed E-state index contributed by atoms with van der Waals surface area (Å²) in [4.78, 5) is 10.8. The Balaban J connectivity index is 1.59. The van der Waals surface area contributed by atoms with Crippen LogP contribution in [0.25, 0.3) is 22.2 Å². The van der Waals surface area contributed by atoms with Gasteiger partial charge in [-0.2, -0.15) is 0 Å². The van der Waals surface area contributed by atoms with Gasteiger partial charge in [-0.05, 0) is 54.1 Å². The molecule has 0 N–H and O–H groups in total. The monoisotopic (exact) mass is 341 g/mol. The summed E-state index contributed by atoms with van der Waals surface area (Å²) in [5.74, 6) is 0.363. The molecule has 1 atom stereocenters. The Morgan fingerprint density at radius 3 is 2.92 bits per heavy atom. The number of benzene rings is 2. The van der Waals surface area contributed by atoms with Gasteiger partial charge in [0.2, 0.25) is 0 Å². The average Bonchev–Trinajstić information content (AvgIpc) is 3.15. The third-order valence-electron chi connectivity index (χ3n) is 5.21. The van der Waals surface area contributed by atoms with Gasteiger partial charge in [0.15, 0.2) is 0 Å². The van der Waals surface area contributed by atoms with E-state index in [4.69, 9.17) is 4.42 Å². The van der Waals surface area contributed by atoms with Crippen molar-refractivity contribution < 1.29 is 4.42 Å². The van der Waals surface area contributed by atoms with Gasteiger partial charge in [0, 0.05) is 36.2 Å². The number of aromatic nitrogens is 2. The van der Waals surface area contributed by atoms with Crippen LogP contribution in [0.2, 0.25) is 0 Å². The lowest BCUT2D eigenvalue weighted by atomic mass is 9.83. The molecule has 4 heteroatoms. The fraction of sp³-hybridized carbons (Fsp3) is 0.182. The van der Waals surface area contributed by atoms with Crippen LogP contribution in [-0.2, 0) is 6.54 Å². The highest BCUT2D eigenvalue weighted by molar-refractivity contribution is 5.78. The highest BCUT2D eigenvalue weighted by atomic mass is 16.3. The zero-order valence-electron chi connectivity index (χ0n) is 14.6. The maximum Gasteiger partial charge on any atom is 0.133 e. The lowest BCUT2D eigenvalue weighted by molar-refractivity contribution is 0.295. The van der Waals surface area contributed by atoms with Crippen LogP contribution in [0.15, 0.2) is 71.7 Å². The molecule has 0 amide bonds. The maximum atomic E-state index is 5.49. The van der Waals surface area contributed by atoms with E-state index in [0.717, 1.165) is 35.3 Å². The molecule has 4 aromatic rings. The van der Waals surface area contributed by atoms with Crippen molar-refractivity contribution in [2.75, 3.05) is 13.6 Å². The summed E-state index contributed by atoms with van der Waals surface area (Å²) < 4.78 is 5.49. The Hall–Kier alpha value is -2.98. The molecule has 0 spiro atoms. The first-order valence-electron chi connectivity index (χ1n) is 8.83. The third kappa shape index (κ3) is 2.59. The van der Waals surface area contributed by atoms with Crippen molar-refractivity contribution in [2.45, 2.75) is 12.5 Å². The van der Waals surface area contributed by atoms with Crippen molar-refractivity contribution in [1.29, 1.82) is 0 Å². The van der Waals surface area contributed by atoms with Crippen molar-refractivity contribution in [3.05, 3.63) is 84.0 Å². The molecular weight excluding hydrogens is 322 g/mol. The molecule has 128 valence electrons. The standard InChI is InChI=1S/C22H19N3O/c1-25-12-18-11-16(21-6-8-23-14-24-21)2-4-19(18)20(13-25)15-3-5-22-17(10-15)7-9-26-22/h2-11,14,20H,12-13H2,1H3. The Morgan fingerprint density at radius 2 is 2.04 bits per heavy atom. The normalized spacial score (nSPS) is 17.3.